The number of nitrogens with one attached hydrogen (secondary N) is 1. The summed E-state index contributed by atoms with van der Waals surface area (Å²) in [5, 5.41) is 3.28. The van der Waals surface area contributed by atoms with Gasteiger partial charge in [0.1, 0.15) is 0 Å². The van der Waals surface area contributed by atoms with Gasteiger partial charge in [-0.3, -0.25) is 0 Å². The van der Waals surface area contributed by atoms with Crippen LogP contribution in [0, 0.1) is 5.92 Å². The Morgan fingerprint density at radius 2 is 1.50 bits per heavy atom. The zero-order valence-electron chi connectivity index (χ0n) is 9.61. The van der Waals surface area contributed by atoms with E-state index in [0.717, 1.165) is 12.5 Å². The van der Waals surface area contributed by atoms with Crippen molar-refractivity contribution >= 4 is 0 Å². The van der Waals surface area contributed by atoms with E-state index < -0.39 is 0 Å². The first-order valence-electron chi connectivity index (χ1n) is 5.35. The van der Waals surface area contributed by atoms with Crippen molar-refractivity contribution in [1.29, 1.82) is 0 Å². The average Bonchev–Trinajstić information content (AvgIpc) is 1.97. The third-order valence-electron chi connectivity index (χ3n) is 1.21. The summed E-state index contributed by atoms with van der Waals surface area (Å²) in [6, 6.07) is 0. The van der Waals surface area contributed by atoms with Crippen LogP contribution >= 0.6 is 0 Å². The highest BCUT2D eigenvalue weighted by molar-refractivity contribution is 4.42. The number of hydrogen-bond donors (Lipinski definition) is 1. The lowest BCUT2D eigenvalue weighted by Crippen LogP contribution is -2.13. The lowest BCUT2D eigenvalue weighted by atomic mass is 10.2. The smallest absolute Gasteiger partial charge is 0.00490 e. The highest BCUT2D eigenvalue weighted by atomic mass is 14.8. The summed E-state index contributed by atoms with van der Waals surface area (Å²) in [5.41, 5.74) is 0. The van der Waals surface area contributed by atoms with Crippen molar-refractivity contribution in [2.24, 2.45) is 5.92 Å². The second-order valence-electron chi connectivity index (χ2n) is 3.79. The van der Waals surface area contributed by atoms with Crippen LogP contribution in [-0.2, 0) is 0 Å². The lowest BCUT2D eigenvalue weighted by molar-refractivity contribution is 0.633. The molecule has 0 aliphatic heterocycles. The van der Waals surface area contributed by atoms with Crippen molar-refractivity contribution in [3.63, 3.8) is 0 Å². The summed E-state index contributed by atoms with van der Waals surface area (Å²) >= 11 is 0. The molecule has 0 heterocycles. The van der Waals surface area contributed by atoms with E-state index >= 15 is 0 Å². The number of hydrogen-bond acceptors (Lipinski definition) is 1. The Morgan fingerprint density at radius 3 is 1.83 bits per heavy atom. The molecule has 1 nitrogen and oxygen atoms in total. The van der Waals surface area contributed by atoms with E-state index in [4.69, 9.17) is 0 Å². The Balaban J connectivity index is 0. The maximum absolute atomic E-state index is 3.28. The number of unbranched alkanes of at least 4 members (excludes halogenated alkanes) is 2. The molecule has 0 aromatic heterocycles. The minimum Gasteiger partial charge on any atom is -0.317 e. The fourth-order valence-electron chi connectivity index (χ4n) is 0.677. The molecule has 1 N–H and O–H groups in total. The molecule has 0 atom stereocenters. The Labute approximate surface area is 78.9 Å². The van der Waals surface area contributed by atoms with Crippen LogP contribution in [0.4, 0.5) is 0 Å². The molecule has 0 spiro atoms. The predicted octanol–water partition coefficient (Wildman–Crippen LogP) is 3.45. The zero-order chi connectivity index (χ0) is 9.82. The molecule has 0 bridgehead atoms. The fraction of sp³-hybridized carbons (Fsp3) is 1.00. The minimum absolute atomic E-state index is 0.833. The van der Waals surface area contributed by atoms with Gasteiger partial charge in [0.05, 0.1) is 0 Å². The molecule has 0 aromatic carbocycles. The highest BCUT2D eigenvalue weighted by Crippen LogP contribution is 1.90. The van der Waals surface area contributed by atoms with E-state index in [-0.39, 0.29) is 0 Å². The van der Waals surface area contributed by atoms with E-state index in [1.807, 2.05) is 0 Å². The summed E-state index contributed by atoms with van der Waals surface area (Å²) < 4.78 is 0. The van der Waals surface area contributed by atoms with Gasteiger partial charge in [0, 0.05) is 0 Å². The van der Waals surface area contributed by atoms with Gasteiger partial charge in [-0.25, -0.2) is 0 Å². The van der Waals surface area contributed by atoms with Gasteiger partial charge in [0.2, 0.25) is 0 Å². The Hall–Kier alpha value is -0.0400. The summed E-state index contributed by atoms with van der Waals surface area (Å²) in [7, 11) is 0. The quantitative estimate of drug-likeness (QED) is 0.628. The van der Waals surface area contributed by atoms with Gasteiger partial charge in [-0.05, 0) is 25.4 Å². The van der Waals surface area contributed by atoms with Crippen LogP contribution in [0.3, 0.4) is 0 Å². The normalized spacial score (nSPS) is 9.50. The molecular weight excluding hydrogens is 146 g/mol. The molecule has 0 radical (unpaired) electrons. The molecule has 0 rings (SSSR count). The first-order valence-corrected chi connectivity index (χ1v) is 5.35. The van der Waals surface area contributed by atoms with Crippen LogP contribution in [0.15, 0.2) is 0 Å². The lowest BCUT2D eigenvalue weighted by Gasteiger charge is -1.97. The molecule has 12 heavy (non-hydrogen) atoms. The molecule has 0 fully saturated rings. The molecular formula is C11H27N. The van der Waals surface area contributed by atoms with Crippen LogP contribution < -0.4 is 5.32 Å². The zero-order valence-corrected chi connectivity index (χ0v) is 9.61. The summed E-state index contributed by atoms with van der Waals surface area (Å²) in [4.78, 5) is 0. The maximum atomic E-state index is 3.28. The van der Waals surface area contributed by atoms with E-state index in [1.165, 1.54) is 25.8 Å². The first kappa shape index (κ1) is 14.5. The fourth-order valence-corrected chi connectivity index (χ4v) is 0.677. The standard InChI is InChI=1S/C7H17N.C4H10/c1-3-5-6-7-8-4-2;1-4(2)3/h8H,3-7H2,1-2H3;4H,1-3H3. The van der Waals surface area contributed by atoms with Gasteiger partial charge in [0.25, 0.3) is 0 Å². The van der Waals surface area contributed by atoms with E-state index in [0.29, 0.717) is 0 Å². The van der Waals surface area contributed by atoms with Crippen LogP contribution in [-0.4, -0.2) is 13.1 Å². The molecule has 0 aromatic rings. The van der Waals surface area contributed by atoms with Crippen molar-refractivity contribution in [3.05, 3.63) is 0 Å². The van der Waals surface area contributed by atoms with Crippen molar-refractivity contribution in [1.82, 2.24) is 5.32 Å². The van der Waals surface area contributed by atoms with Gasteiger partial charge in [0.15, 0.2) is 0 Å². The third kappa shape index (κ3) is 32.5. The van der Waals surface area contributed by atoms with Crippen LogP contribution in [0.25, 0.3) is 0 Å². The third-order valence-corrected chi connectivity index (χ3v) is 1.21. The Morgan fingerprint density at radius 1 is 1.00 bits per heavy atom. The molecule has 0 aliphatic carbocycles. The van der Waals surface area contributed by atoms with Gasteiger partial charge in [-0.1, -0.05) is 47.5 Å². The molecule has 0 aliphatic rings. The minimum atomic E-state index is 0.833. The topological polar surface area (TPSA) is 12.0 Å². The monoisotopic (exact) mass is 173 g/mol. The van der Waals surface area contributed by atoms with E-state index in [2.05, 4.69) is 39.9 Å². The van der Waals surface area contributed by atoms with E-state index in [1.54, 1.807) is 0 Å². The predicted molar refractivity (Wildman–Crippen MR) is 58.6 cm³/mol. The van der Waals surface area contributed by atoms with Gasteiger partial charge in [-0.2, -0.15) is 0 Å². The van der Waals surface area contributed by atoms with Crippen molar-refractivity contribution in [3.8, 4) is 0 Å². The molecule has 1 heteroatoms. The average molecular weight is 173 g/mol. The first-order chi connectivity index (χ1) is 5.65. The van der Waals surface area contributed by atoms with Gasteiger partial charge >= 0.3 is 0 Å². The van der Waals surface area contributed by atoms with Crippen LogP contribution in [0.2, 0.25) is 0 Å². The van der Waals surface area contributed by atoms with Crippen molar-refractivity contribution < 1.29 is 0 Å². The van der Waals surface area contributed by atoms with Gasteiger partial charge < -0.3 is 5.32 Å². The SMILES string of the molecule is CC(C)C.CCCCCNCC. The van der Waals surface area contributed by atoms with E-state index in [9.17, 15) is 0 Å². The molecule has 0 unspecified atom stereocenters. The maximum Gasteiger partial charge on any atom is -0.00490 e. The molecule has 0 saturated carbocycles. The Kier molecular flexibility index (Phi) is 16.3. The largest absolute Gasteiger partial charge is 0.317 e. The second kappa shape index (κ2) is 13.5. The van der Waals surface area contributed by atoms with Crippen molar-refractivity contribution in [2.45, 2.75) is 53.9 Å². The van der Waals surface area contributed by atoms with Crippen molar-refractivity contribution in [2.75, 3.05) is 13.1 Å². The second-order valence-corrected chi connectivity index (χ2v) is 3.79. The Bertz CT molecular complexity index is 51.3. The molecule has 0 amide bonds. The molecule has 0 saturated heterocycles. The molecule has 76 valence electrons. The highest BCUT2D eigenvalue weighted by Gasteiger charge is 1.81. The number of rotatable bonds is 5. The summed E-state index contributed by atoms with van der Waals surface area (Å²) in [5.74, 6) is 0.833. The van der Waals surface area contributed by atoms with Crippen LogP contribution in [0.5, 0.6) is 0 Å². The summed E-state index contributed by atoms with van der Waals surface area (Å²) in [6.45, 7) is 13.2. The van der Waals surface area contributed by atoms with Crippen LogP contribution in [0.1, 0.15) is 53.9 Å². The van der Waals surface area contributed by atoms with Gasteiger partial charge in [-0.15, -0.1) is 0 Å². The summed E-state index contributed by atoms with van der Waals surface area (Å²) in [6.07, 6.45) is 4.03.